The number of carbonyl (C=O) groups excluding carboxylic acids is 1. The summed E-state index contributed by atoms with van der Waals surface area (Å²) in [6, 6.07) is 13.5. The molecule has 0 radical (unpaired) electrons. The van der Waals surface area contributed by atoms with Crippen molar-refractivity contribution in [2.45, 2.75) is 32.9 Å². The molecule has 2 aromatic carbocycles. The molecule has 2 N–H and O–H groups in total. The molecule has 0 unspecified atom stereocenters. The van der Waals surface area contributed by atoms with Crippen LogP contribution in [0.3, 0.4) is 0 Å². The molecule has 0 bridgehead atoms. The number of carbonyl (C=O) groups is 2. The van der Waals surface area contributed by atoms with Gasteiger partial charge in [0.1, 0.15) is 5.75 Å². The van der Waals surface area contributed by atoms with Crippen molar-refractivity contribution >= 4 is 11.9 Å². The van der Waals surface area contributed by atoms with E-state index >= 15 is 0 Å². The molecular weight excluding hydrogens is 306 g/mol. The first-order chi connectivity index (χ1) is 11.5. The van der Waals surface area contributed by atoms with Crippen molar-refractivity contribution in [2.24, 2.45) is 0 Å². The lowest BCUT2D eigenvalue weighted by molar-refractivity contribution is 0.0696. The molecule has 0 aliphatic heterocycles. The van der Waals surface area contributed by atoms with Gasteiger partial charge in [0, 0.05) is 12.1 Å². The molecule has 24 heavy (non-hydrogen) atoms. The van der Waals surface area contributed by atoms with Crippen LogP contribution in [0.5, 0.6) is 5.75 Å². The van der Waals surface area contributed by atoms with E-state index in [1.807, 2.05) is 19.9 Å². The van der Waals surface area contributed by atoms with E-state index in [1.54, 1.807) is 30.3 Å². The largest absolute Gasteiger partial charge is 0.491 e. The summed E-state index contributed by atoms with van der Waals surface area (Å²) in [6.45, 7) is 4.35. The Labute approximate surface area is 141 Å². The Morgan fingerprint density at radius 1 is 1.12 bits per heavy atom. The number of rotatable bonds is 7. The molecule has 1 atom stereocenters. The number of carboxylic acids is 1. The van der Waals surface area contributed by atoms with Crippen molar-refractivity contribution in [1.29, 1.82) is 0 Å². The van der Waals surface area contributed by atoms with Crippen LogP contribution in [-0.4, -0.2) is 23.1 Å². The number of amides is 1. The topological polar surface area (TPSA) is 75.6 Å². The first-order valence-corrected chi connectivity index (χ1v) is 7.86. The minimum atomic E-state index is -0.969. The van der Waals surface area contributed by atoms with Gasteiger partial charge in [-0.25, -0.2) is 4.79 Å². The van der Waals surface area contributed by atoms with Crippen molar-refractivity contribution < 1.29 is 19.4 Å². The molecule has 1 amide bonds. The predicted octanol–water partition coefficient (Wildman–Crippen LogP) is 3.49. The number of hydrogen-bond acceptors (Lipinski definition) is 3. The molecule has 0 spiro atoms. The average molecular weight is 327 g/mol. The van der Waals surface area contributed by atoms with Gasteiger partial charge in [0.25, 0.3) is 5.91 Å². The van der Waals surface area contributed by atoms with E-state index in [2.05, 4.69) is 5.32 Å². The zero-order chi connectivity index (χ0) is 17.5. The highest BCUT2D eigenvalue weighted by atomic mass is 16.5. The van der Waals surface area contributed by atoms with Crippen molar-refractivity contribution in [3.05, 3.63) is 65.2 Å². The van der Waals surface area contributed by atoms with E-state index < -0.39 is 5.97 Å². The van der Waals surface area contributed by atoms with Gasteiger partial charge >= 0.3 is 5.97 Å². The van der Waals surface area contributed by atoms with Gasteiger partial charge in [0.2, 0.25) is 0 Å². The van der Waals surface area contributed by atoms with Gasteiger partial charge in [-0.15, -0.1) is 0 Å². The number of hydrogen-bond donors (Lipinski definition) is 2. The second-order valence-corrected chi connectivity index (χ2v) is 5.55. The van der Waals surface area contributed by atoms with E-state index in [-0.39, 0.29) is 17.6 Å². The monoisotopic (exact) mass is 327 g/mol. The minimum Gasteiger partial charge on any atom is -0.491 e. The zero-order valence-electron chi connectivity index (χ0n) is 13.8. The fourth-order valence-corrected chi connectivity index (χ4v) is 2.08. The Bertz CT molecular complexity index is 710. The van der Waals surface area contributed by atoms with E-state index in [4.69, 9.17) is 9.84 Å². The van der Waals surface area contributed by atoms with Gasteiger partial charge in [-0.1, -0.05) is 25.1 Å². The van der Waals surface area contributed by atoms with Crippen molar-refractivity contribution in [1.82, 2.24) is 5.32 Å². The first-order valence-electron chi connectivity index (χ1n) is 7.86. The molecule has 2 aromatic rings. The van der Waals surface area contributed by atoms with Crippen LogP contribution in [0.1, 0.15) is 46.5 Å². The van der Waals surface area contributed by atoms with Crippen LogP contribution in [0.25, 0.3) is 0 Å². The highest BCUT2D eigenvalue weighted by Gasteiger charge is 2.08. The van der Waals surface area contributed by atoms with Crippen molar-refractivity contribution in [2.75, 3.05) is 0 Å². The summed E-state index contributed by atoms with van der Waals surface area (Å²) in [5.74, 6) is -0.501. The standard InChI is InChI=1S/C19H21NO4/c1-3-13(2)24-17-6-4-5-16(11-17)18(21)20-12-14-7-9-15(10-8-14)19(22)23/h4-11,13H,3,12H2,1-2H3,(H,20,21)(H,22,23)/t13-/m1/s1. The van der Waals surface area contributed by atoms with Crippen LogP contribution in [0.15, 0.2) is 48.5 Å². The number of benzene rings is 2. The number of nitrogens with one attached hydrogen (secondary N) is 1. The fourth-order valence-electron chi connectivity index (χ4n) is 2.08. The summed E-state index contributed by atoms with van der Waals surface area (Å²) in [4.78, 5) is 23.1. The maximum atomic E-state index is 12.2. The lowest BCUT2D eigenvalue weighted by Gasteiger charge is -2.13. The molecule has 0 saturated carbocycles. The summed E-state index contributed by atoms with van der Waals surface area (Å²) in [6.07, 6.45) is 0.985. The lowest BCUT2D eigenvalue weighted by atomic mass is 10.1. The molecule has 0 aliphatic rings. The van der Waals surface area contributed by atoms with Gasteiger partial charge in [0.15, 0.2) is 0 Å². The lowest BCUT2D eigenvalue weighted by Crippen LogP contribution is -2.23. The number of aromatic carboxylic acids is 1. The van der Waals surface area contributed by atoms with E-state index in [9.17, 15) is 9.59 Å². The third-order valence-electron chi connectivity index (χ3n) is 3.66. The summed E-state index contributed by atoms with van der Waals surface area (Å²) in [5.41, 5.74) is 1.58. The summed E-state index contributed by atoms with van der Waals surface area (Å²) < 4.78 is 5.72. The van der Waals surface area contributed by atoms with Gasteiger partial charge in [0.05, 0.1) is 11.7 Å². The Morgan fingerprint density at radius 3 is 2.46 bits per heavy atom. The van der Waals surface area contributed by atoms with Crippen LogP contribution < -0.4 is 10.1 Å². The van der Waals surface area contributed by atoms with Gasteiger partial charge < -0.3 is 15.2 Å². The third kappa shape index (κ3) is 4.84. The van der Waals surface area contributed by atoms with Crippen LogP contribution >= 0.6 is 0 Å². The summed E-state index contributed by atoms with van der Waals surface area (Å²) >= 11 is 0. The van der Waals surface area contributed by atoms with Gasteiger partial charge in [-0.05, 0) is 49.2 Å². The third-order valence-corrected chi connectivity index (χ3v) is 3.66. The smallest absolute Gasteiger partial charge is 0.335 e. The summed E-state index contributed by atoms with van der Waals surface area (Å²) in [7, 11) is 0. The first kappa shape index (κ1) is 17.5. The van der Waals surface area contributed by atoms with E-state index in [1.165, 1.54) is 12.1 Å². The SMILES string of the molecule is CC[C@@H](C)Oc1cccc(C(=O)NCc2ccc(C(=O)O)cc2)c1. The number of carboxylic acid groups (broad SMARTS) is 1. The molecule has 5 heteroatoms. The van der Waals surface area contributed by atoms with Gasteiger partial charge in [-0.3, -0.25) is 4.79 Å². The van der Waals surface area contributed by atoms with Crippen LogP contribution in [-0.2, 0) is 6.54 Å². The average Bonchev–Trinajstić information content (AvgIpc) is 2.60. The molecular formula is C19H21NO4. The Hall–Kier alpha value is -2.82. The summed E-state index contributed by atoms with van der Waals surface area (Å²) in [5, 5.41) is 11.7. The quantitative estimate of drug-likeness (QED) is 0.816. The number of ether oxygens (including phenoxy) is 1. The van der Waals surface area contributed by atoms with Crippen LogP contribution in [0, 0.1) is 0 Å². The molecule has 5 nitrogen and oxygen atoms in total. The molecule has 0 fully saturated rings. The maximum Gasteiger partial charge on any atom is 0.335 e. The highest BCUT2D eigenvalue weighted by molar-refractivity contribution is 5.94. The molecule has 126 valence electrons. The van der Waals surface area contributed by atoms with Crippen molar-refractivity contribution in [3.8, 4) is 5.75 Å². The molecule has 0 aromatic heterocycles. The van der Waals surface area contributed by atoms with E-state index in [0.717, 1.165) is 12.0 Å². The predicted molar refractivity (Wildman–Crippen MR) is 91.4 cm³/mol. The highest BCUT2D eigenvalue weighted by Crippen LogP contribution is 2.16. The maximum absolute atomic E-state index is 12.2. The van der Waals surface area contributed by atoms with Crippen molar-refractivity contribution in [3.63, 3.8) is 0 Å². The second-order valence-electron chi connectivity index (χ2n) is 5.55. The molecule has 0 aliphatic carbocycles. The second kappa shape index (κ2) is 8.15. The molecule has 2 rings (SSSR count). The Balaban J connectivity index is 1.97. The van der Waals surface area contributed by atoms with Gasteiger partial charge in [-0.2, -0.15) is 0 Å². The Morgan fingerprint density at radius 2 is 1.83 bits per heavy atom. The van der Waals surface area contributed by atoms with E-state index in [0.29, 0.717) is 17.9 Å². The molecule has 0 heterocycles. The fraction of sp³-hybridized carbons (Fsp3) is 0.263. The normalized spacial score (nSPS) is 11.6. The van der Waals surface area contributed by atoms with Crippen LogP contribution in [0.4, 0.5) is 0 Å². The minimum absolute atomic E-state index is 0.0936. The van der Waals surface area contributed by atoms with Crippen LogP contribution in [0.2, 0.25) is 0 Å². The zero-order valence-corrected chi connectivity index (χ0v) is 13.8. The Kier molecular flexibility index (Phi) is 5.95. The molecule has 0 saturated heterocycles.